The average molecular weight is 525 g/mol. The number of hydrogen-bond donors (Lipinski definition) is 2. The highest BCUT2D eigenvalue weighted by Gasteiger charge is 2.38. The number of carbonyl (C=O) groups excluding carboxylic acids is 1. The van der Waals surface area contributed by atoms with E-state index in [4.69, 9.17) is 18.6 Å². The van der Waals surface area contributed by atoms with Crippen molar-refractivity contribution in [3.63, 3.8) is 0 Å². The van der Waals surface area contributed by atoms with Crippen molar-refractivity contribution < 1.29 is 23.4 Å². The molecule has 2 heterocycles. The van der Waals surface area contributed by atoms with Gasteiger partial charge in [0.25, 0.3) is 0 Å². The second kappa shape index (κ2) is 9.87. The summed E-state index contributed by atoms with van der Waals surface area (Å²) < 4.78 is 22.5. The molecule has 1 aliphatic heterocycles. The van der Waals surface area contributed by atoms with Gasteiger partial charge in [-0.25, -0.2) is 0 Å². The zero-order valence-electron chi connectivity index (χ0n) is 21.9. The number of nitrogens with one attached hydrogen (secondary N) is 2. The molecule has 2 atom stereocenters. The molecule has 0 fully saturated rings. The molecule has 0 saturated heterocycles. The Labute approximate surface area is 225 Å². The maximum atomic E-state index is 13.9. The summed E-state index contributed by atoms with van der Waals surface area (Å²) in [7, 11) is 4.70. The van der Waals surface area contributed by atoms with Crippen LogP contribution in [0.5, 0.6) is 17.2 Å². The number of fused-ring (bicyclic) bond motifs is 2. The Morgan fingerprint density at radius 2 is 1.54 bits per heavy atom. The second-order valence-electron chi connectivity index (χ2n) is 9.64. The summed E-state index contributed by atoms with van der Waals surface area (Å²) in [6, 6.07) is 18.0. The van der Waals surface area contributed by atoms with E-state index in [0.29, 0.717) is 45.8 Å². The molecular weight excluding hydrogens is 496 g/mol. The van der Waals surface area contributed by atoms with Gasteiger partial charge in [0, 0.05) is 17.7 Å². The Kier molecular flexibility index (Phi) is 6.23. The van der Waals surface area contributed by atoms with Gasteiger partial charge in [0.1, 0.15) is 11.8 Å². The Morgan fingerprint density at radius 1 is 0.846 bits per heavy atom. The largest absolute Gasteiger partial charge is 0.493 e. The van der Waals surface area contributed by atoms with E-state index in [2.05, 4.69) is 10.6 Å². The number of anilines is 2. The summed E-state index contributed by atoms with van der Waals surface area (Å²) in [6.45, 7) is 0. The standard InChI is InChI=1S/C31H28N2O6/c1-36-26-14-18(15-27(37-2)31(26)38-3)17-12-23-28(24(34)13-17)29(33-22-10-6-5-9-21(22)32-23)20-16-39-25-11-7-4-8-19(25)30(20)35/h4-11,14-17,29,32-33H,12-13H2,1-3H3. The van der Waals surface area contributed by atoms with E-state index in [-0.39, 0.29) is 23.6 Å². The number of para-hydroxylation sites is 3. The Bertz CT molecular complexity index is 1660. The van der Waals surface area contributed by atoms with Crippen molar-refractivity contribution >= 4 is 28.1 Å². The topological polar surface area (TPSA) is 99.0 Å². The Balaban J connectivity index is 1.49. The molecule has 2 aliphatic rings. The van der Waals surface area contributed by atoms with E-state index < -0.39 is 6.04 Å². The number of rotatable bonds is 5. The SMILES string of the molecule is COc1cc(C2CC(=O)C3=C(C2)Nc2ccccc2NC3c2coc3ccccc3c2=O)cc(OC)c1OC. The van der Waals surface area contributed by atoms with Gasteiger partial charge < -0.3 is 29.3 Å². The zero-order chi connectivity index (χ0) is 27.1. The van der Waals surface area contributed by atoms with E-state index in [1.54, 1.807) is 39.5 Å². The van der Waals surface area contributed by atoms with Gasteiger partial charge in [-0.1, -0.05) is 24.3 Å². The highest BCUT2D eigenvalue weighted by Crippen LogP contribution is 2.47. The van der Waals surface area contributed by atoms with Crippen LogP contribution in [0.15, 0.2) is 87.4 Å². The first-order chi connectivity index (χ1) is 19.0. The van der Waals surface area contributed by atoms with Crippen molar-refractivity contribution in [3.05, 3.63) is 99.5 Å². The fourth-order valence-electron chi connectivity index (χ4n) is 5.59. The molecular formula is C31H28N2O6. The number of allylic oxidation sites excluding steroid dienone is 1. The van der Waals surface area contributed by atoms with E-state index >= 15 is 0 Å². The molecule has 6 rings (SSSR count). The van der Waals surface area contributed by atoms with Gasteiger partial charge >= 0.3 is 0 Å². The highest BCUT2D eigenvalue weighted by molar-refractivity contribution is 6.01. The van der Waals surface area contributed by atoms with Gasteiger partial charge in [0.15, 0.2) is 22.7 Å². The minimum atomic E-state index is -0.676. The van der Waals surface area contributed by atoms with Crippen LogP contribution in [0.1, 0.15) is 35.9 Å². The Morgan fingerprint density at radius 3 is 2.26 bits per heavy atom. The minimum absolute atomic E-state index is 0.0552. The average Bonchev–Trinajstić information content (AvgIpc) is 3.13. The van der Waals surface area contributed by atoms with Crippen molar-refractivity contribution in [2.75, 3.05) is 32.0 Å². The maximum absolute atomic E-state index is 13.9. The molecule has 198 valence electrons. The van der Waals surface area contributed by atoms with Crippen LogP contribution in [-0.4, -0.2) is 27.1 Å². The van der Waals surface area contributed by atoms with Crippen molar-refractivity contribution in [3.8, 4) is 17.2 Å². The minimum Gasteiger partial charge on any atom is -0.493 e. The molecule has 1 aromatic heterocycles. The molecule has 2 unspecified atom stereocenters. The van der Waals surface area contributed by atoms with Crippen LogP contribution in [0.4, 0.5) is 11.4 Å². The van der Waals surface area contributed by atoms with Crippen LogP contribution in [-0.2, 0) is 4.79 Å². The fourth-order valence-corrected chi connectivity index (χ4v) is 5.59. The molecule has 0 bridgehead atoms. The first kappa shape index (κ1) is 24.6. The number of hydrogen-bond acceptors (Lipinski definition) is 8. The van der Waals surface area contributed by atoms with Gasteiger partial charge in [-0.3, -0.25) is 9.59 Å². The monoisotopic (exact) mass is 524 g/mol. The zero-order valence-corrected chi connectivity index (χ0v) is 21.9. The summed E-state index contributed by atoms with van der Waals surface area (Å²) in [5.41, 5.74) is 4.55. The van der Waals surface area contributed by atoms with E-state index in [1.165, 1.54) is 6.26 Å². The van der Waals surface area contributed by atoms with Gasteiger partial charge in [-0.15, -0.1) is 0 Å². The third-order valence-electron chi connectivity index (χ3n) is 7.49. The lowest BCUT2D eigenvalue weighted by atomic mass is 9.78. The van der Waals surface area contributed by atoms with E-state index in [9.17, 15) is 9.59 Å². The summed E-state index contributed by atoms with van der Waals surface area (Å²) >= 11 is 0. The van der Waals surface area contributed by atoms with Crippen LogP contribution >= 0.6 is 0 Å². The second-order valence-corrected chi connectivity index (χ2v) is 9.64. The van der Waals surface area contributed by atoms with Crippen molar-refractivity contribution in [1.82, 2.24) is 0 Å². The van der Waals surface area contributed by atoms with Crippen LogP contribution in [0.3, 0.4) is 0 Å². The molecule has 2 N–H and O–H groups in total. The van der Waals surface area contributed by atoms with Crippen molar-refractivity contribution in [1.29, 1.82) is 0 Å². The number of benzene rings is 3. The summed E-state index contributed by atoms with van der Waals surface area (Å²) in [4.78, 5) is 27.6. The number of carbonyl (C=O) groups is 1. The van der Waals surface area contributed by atoms with Crippen LogP contribution < -0.4 is 30.3 Å². The fraction of sp³-hybridized carbons (Fsp3) is 0.226. The lowest BCUT2D eigenvalue weighted by molar-refractivity contribution is -0.116. The first-order valence-corrected chi connectivity index (χ1v) is 12.7. The normalized spacial score (nSPS) is 18.4. The summed E-state index contributed by atoms with van der Waals surface area (Å²) in [5.74, 6) is 1.37. The Hall–Kier alpha value is -4.72. The molecule has 0 saturated carbocycles. The molecule has 1 aliphatic carbocycles. The third-order valence-corrected chi connectivity index (χ3v) is 7.49. The van der Waals surface area contributed by atoms with Crippen molar-refractivity contribution in [2.24, 2.45) is 0 Å². The lowest BCUT2D eigenvalue weighted by Crippen LogP contribution is -2.29. The molecule has 3 aromatic carbocycles. The molecule has 39 heavy (non-hydrogen) atoms. The third kappa shape index (κ3) is 4.18. The molecule has 8 nitrogen and oxygen atoms in total. The van der Waals surface area contributed by atoms with Gasteiger partial charge in [-0.2, -0.15) is 0 Å². The van der Waals surface area contributed by atoms with Gasteiger partial charge in [0.2, 0.25) is 5.75 Å². The smallest absolute Gasteiger partial charge is 0.203 e. The molecule has 4 aromatic rings. The maximum Gasteiger partial charge on any atom is 0.203 e. The quantitative estimate of drug-likeness (QED) is 0.338. The van der Waals surface area contributed by atoms with Gasteiger partial charge in [0.05, 0.1) is 49.7 Å². The first-order valence-electron chi connectivity index (χ1n) is 12.7. The highest BCUT2D eigenvalue weighted by atomic mass is 16.5. The summed E-state index contributed by atoms with van der Waals surface area (Å²) in [6.07, 6.45) is 2.27. The van der Waals surface area contributed by atoms with E-state index in [1.807, 2.05) is 42.5 Å². The predicted molar refractivity (Wildman–Crippen MR) is 149 cm³/mol. The lowest BCUT2D eigenvalue weighted by Gasteiger charge is -2.30. The van der Waals surface area contributed by atoms with Crippen LogP contribution in [0, 0.1) is 0 Å². The van der Waals surface area contributed by atoms with Crippen LogP contribution in [0.2, 0.25) is 0 Å². The molecule has 8 heteroatoms. The van der Waals surface area contributed by atoms with Crippen LogP contribution in [0.25, 0.3) is 11.0 Å². The van der Waals surface area contributed by atoms with Crippen molar-refractivity contribution in [2.45, 2.75) is 24.8 Å². The number of Topliss-reactive ketones (excluding diaryl/α,β-unsaturated/α-hetero) is 1. The molecule has 0 radical (unpaired) electrons. The predicted octanol–water partition coefficient (Wildman–Crippen LogP) is 5.80. The summed E-state index contributed by atoms with van der Waals surface area (Å²) in [5, 5.41) is 7.44. The molecule has 0 amide bonds. The number of ether oxygens (including phenoxy) is 3. The van der Waals surface area contributed by atoms with E-state index in [0.717, 1.165) is 22.6 Å². The number of ketones is 1. The van der Waals surface area contributed by atoms with Gasteiger partial charge in [-0.05, 0) is 54.3 Å². The number of methoxy groups -OCH3 is 3. The molecule has 0 spiro atoms.